The molecule has 1 aliphatic rings. The molecule has 1 aliphatic heterocycles. The molecule has 5 heteroatoms. The molecule has 1 heterocycles. The number of hydrogen-bond acceptors (Lipinski definition) is 2. The van der Waals surface area contributed by atoms with Crippen molar-refractivity contribution in [3.05, 3.63) is 34.9 Å². The number of hydrogen-bond donors (Lipinski definition) is 2. The molecule has 17 heavy (non-hydrogen) atoms. The van der Waals surface area contributed by atoms with Gasteiger partial charge in [0.25, 0.3) is 5.91 Å². The Morgan fingerprint density at radius 1 is 1.35 bits per heavy atom. The zero-order valence-electron chi connectivity index (χ0n) is 9.42. The van der Waals surface area contributed by atoms with Gasteiger partial charge in [-0.3, -0.25) is 10.1 Å². The highest BCUT2D eigenvalue weighted by atomic mass is 35.5. The van der Waals surface area contributed by atoms with Crippen LogP contribution in [0.1, 0.15) is 25.3 Å². The molecule has 1 saturated heterocycles. The average molecular weight is 253 g/mol. The number of urea groups is 1. The van der Waals surface area contributed by atoms with E-state index in [1.54, 1.807) is 24.3 Å². The quantitative estimate of drug-likeness (QED) is 0.810. The van der Waals surface area contributed by atoms with E-state index >= 15 is 0 Å². The summed E-state index contributed by atoms with van der Waals surface area (Å²) in [4.78, 5) is 23.3. The number of benzene rings is 1. The fourth-order valence-corrected chi connectivity index (χ4v) is 2.33. The lowest BCUT2D eigenvalue weighted by Gasteiger charge is -2.26. The van der Waals surface area contributed by atoms with E-state index in [2.05, 4.69) is 10.6 Å². The maximum atomic E-state index is 12.0. The van der Waals surface area contributed by atoms with Crippen LogP contribution in [0.5, 0.6) is 0 Å². The van der Waals surface area contributed by atoms with Crippen molar-refractivity contribution >= 4 is 23.5 Å². The predicted molar refractivity (Wildman–Crippen MR) is 64.7 cm³/mol. The fourth-order valence-electron chi connectivity index (χ4n) is 2.14. The van der Waals surface area contributed by atoms with Gasteiger partial charge in [-0.2, -0.15) is 0 Å². The highest BCUT2D eigenvalue weighted by Crippen LogP contribution is 2.31. The second kappa shape index (κ2) is 4.37. The summed E-state index contributed by atoms with van der Waals surface area (Å²) in [6.45, 7) is 1.96. The van der Waals surface area contributed by atoms with Crippen molar-refractivity contribution in [3.63, 3.8) is 0 Å². The van der Waals surface area contributed by atoms with Crippen LogP contribution in [0.25, 0.3) is 0 Å². The van der Waals surface area contributed by atoms with E-state index in [1.807, 2.05) is 6.92 Å². The fraction of sp³-hybridized carbons (Fsp3) is 0.333. The molecule has 0 aliphatic carbocycles. The maximum Gasteiger partial charge on any atom is 0.322 e. The first kappa shape index (κ1) is 11.9. The Morgan fingerprint density at radius 3 is 2.65 bits per heavy atom. The largest absolute Gasteiger partial charge is 0.322 e. The predicted octanol–water partition coefficient (Wildman–Crippen LogP) is 2.17. The molecule has 1 fully saturated rings. The topological polar surface area (TPSA) is 58.2 Å². The Bertz CT molecular complexity index is 475. The first-order chi connectivity index (χ1) is 8.08. The van der Waals surface area contributed by atoms with Crippen LogP contribution in [-0.2, 0) is 10.3 Å². The molecule has 0 radical (unpaired) electrons. The van der Waals surface area contributed by atoms with Gasteiger partial charge in [0.2, 0.25) is 0 Å². The molecule has 0 bridgehead atoms. The van der Waals surface area contributed by atoms with Crippen LogP contribution in [0.4, 0.5) is 4.79 Å². The molecular formula is C12H13ClN2O2. The average Bonchev–Trinajstić information content (AvgIpc) is 2.55. The monoisotopic (exact) mass is 252 g/mol. The molecule has 0 aromatic heterocycles. The summed E-state index contributed by atoms with van der Waals surface area (Å²) in [7, 11) is 0. The van der Waals surface area contributed by atoms with Crippen LogP contribution >= 0.6 is 11.6 Å². The zero-order chi connectivity index (χ0) is 12.5. The Morgan fingerprint density at radius 2 is 2.12 bits per heavy atom. The molecule has 0 spiro atoms. The van der Waals surface area contributed by atoms with Crippen molar-refractivity contribution in [3.8, 4) is 0 Å². The highest BCUT2D eigenvalue weighted by Gasteiger charge is 2.46. The van der Waals surface area contributed by atoms with Gasteiger partial charge in [0.15, 0.2) is 0 Å². The number of nitrogens with one attached hydrogen (secondary N) is 2. The summed E-state index contributed by atoms with van der Waals surface area (Å²) >= 11 is 5.93. The van der Waals surface area contributed by atoms with Crippen molar-refractivity contribution in [2.45, 2.75) is 25.3 Å². The van der Waals surface area contributed by atoms with Gasteiger partial charge in [0, 0.05) is 5.02 Å². The minimum Gasteiger partial charge on any atom is -0.319 e. The van der Waals surface area contributed by atoms with Crippen molar-refractivity contribution in [2.24, 2.45) is 0 Å². The Balaban J connectivity index is 2.48. The van der Waals surface area contributed by atoms with Gasteiger partial charge in [-0.25, -0.2) is 4.79 Å². The highest BCUT2D eigenvalue weighted by molar-refractivity contribution is 6.30. The summed E-state index contributed by atoms with van der Waals surface area (Å²) in [6.07, 6.45) is 1.32. The van der Waals surface area contributed by atoms with Crippen LogP contribution in [0.3, 0.4) is 0 Å². The molecule has 1 aromatic rings. The van der Waals surface area contributed by atoms with Crippen LogP contribution in [-0.4, -0.2) is 11.9 Å². The Labute approximate surface area is 104 Å². The van der Waals surface area contributed by atoms with Gasteiger partial charge in [0.05, 0.1) is 0 Å². The van der Waals surface area contributed by atoms with Crippen LogP contribution in [0, 0.1) is 0 Å². The van der Waals surface area contributed by atoms with Crippen LogP contribution in [0.2, 0.25) is 5.02 Å². The third-order valence-corrected chi connectivity index (χ3v) is 3.12. The molecule has 4 nitrogen and oxygen atoms in total. The van der Waals surface area contributed by atoms with Gasteiger partial charge in [-0.1, -0.05) is 37.1 Å². The molecule has 1 atom stereocenters. The third-order valence-electron chi connectivity index (χ3n) is 2.88. The van der Waals surface area contributed by atoms with Gasteiger partial charge >= 0.3 is 6.03 Å². The van der Waals surface area contributed by atoms with Crippen molar-refractivity contribution in [1.29, 1.82) is 0 Å². The standard InChI is InChI=1S/C12H13ClN2O2/c1-2-6-12(10(16)14-11(17)15-12)8-4-3-5-9(13)7-8/h3-5,7H,2,6H2,1H3,(H2,14,15,16,17). The summed E-state index contributed by atoms with van der Waals surface area (Å²) in [5.74, 6) is -0.313. The summed E-state index contributed by atoms with van der Waals surface area (Å²) in [6, 6.07) is 6.56. The minimum absolute atomic E-state index is 0.313. The van der Waals surface area contributed by atoms with Crippen LogP contribution < -0.4 is 10.6 Å². The number of imide groups is 1. The number of carbonyl (C=O) groups is 2. The first-order valence-corrected chi connectivity index (χ1v) is 5.86. The number of halogens is 1. The van der Waals surface area contributed by atoms with E-state index in [0.29, 0.717) is 11.4 Å². The molecule has 3 amide bonds. The lowest BCUT2D eigenvalue weighted by Crippen LogP contribution is -2.43. The SMILES string of the molecule is CCCC1(c2cccc(Cl)c2)NC(=O)NC1=O. The van der Waals surface area contributed by atoms with Gasteiger partial charge in [-0.05, 0) is 24.1 Å². The van der Waals surface area contributed by atoms with Crippen molar-refractivity contribution < 1.29 is 9.59 Å². The van der Waals surface area contributed by atoms with E-state index in [0.717, 1.165) is 12.0 Å². The molecule has 90 valence electrons. The minimum atomic E-state index is -0.975. The van der Waals surface area contributed by atoms with Gasteiger partial charge in [-0.15, -0.1) is 0 Å². The van der Waals surface area contributed by atoms with E-state index in [-0.39, 0.29) is 5.91 Å². The second-order valence-electron chi connectivity index (χ2n) is 4.07. The summed E-state index contributed by atoms with van der Waals surface area (Å²) in [5, 5.41) is 5.53. The zero-order valence-corrected chi connectivity index (χ0v) is 10.2. The molecule has 1 unspecified atom stereocenters. The van der Waals surface area contributed by atoms with Gasteiger partial charge in [0.1, 0.15) is 5.54 Å². The molecule has 2 N–H and O–H groups in total. The normalized spacial score (nSPS) is 23.4. The molecular weight excluding hydrogens is 240 g/mol. The van der Waals surface area contributed by atoms with Crippen molar-refractivity contribution in [2.75, 3.05) is 0 Å². The summed E-state index contributed by atoms with van der Waals surface area (Å²) < 4.78 is 0. The number of carbonyl (C=O) groups excluding carboxylic acids is 2. The Hall–Kier alpha value is -1.55. The van der Waals surface area contributed by atoms with Crippen LogP contribution in [0.15, 0.2) is 24.3 Å². The third kappa shape index (κ3) is 2.00. The van der Waals surface area contributed by atoms with E-state index in [1.165, 1.54) is 0 Å². The lowest BCUT2D eigenvalue weighted by molar-refractivity contribution is -0.124. The second-order valence-corrected chi connectivity index (χ2v) is 4.51. The smallest absolute Gasteiger partial charge is 0.319 e. The summed E-state index contributed by atoms with van der Waals surface area (Å²) in [5.41, 5.74) is -0.258. The van der Waals surface area contributed by atoms with E-state index in [4.69, 9.17) is 11.6 Å². The molecule has 0 saturated carbocycles. The van der Waals surface area contributed by atoms with Crippen molar-refractivity contribution in [1.82, 2.24) is 10.6 Å². The Kier molecular flexibility index (Phi) is 3.07. The van der Waals surface area contributed by atoms with E-state index < -0.39 is 11.6 Å². The molecule has 2 rings (SSSR count). The number of amides is 3. The number of rotatable bonds is 3. The van der Waals surface area contributed by atoms with Gasteiger partial charge < -0.3 is 5.32 Å². The maximum absolute atomic E-state index is 12.0. The lowest BCUT2D eigenvalue weighted by atomic mass is 9.86. The first-order valence-electron chi connectivity index (χ1n) is 5.48. The molecule has 1 aromatic carbocycles. The van der Waals surface area contributed by atoms with E-state index in [9.17, 15) is 9.59 Å².